The third kappa shape index (κ3) is 4.83. The molecule has 1 N–H and O–H groups in total. The van der Waals surface area contributed by atoms with Gasteiger partial charge < -0.3 is 14.7 Å². The van der Waals surface area contributed by atoms with E-state index in [0.29, 0.717) is 10.6 Å². The van der Waals surface area contributed by atoms with Crippen LogP contribution in [0.2, 0.25) is 5.02 Å². The van der Waals surface area contributed by atoms with Crippen molar-refractivity contribution in [1.82, 2.24) is 9.97 Å². The Morgan fingerprint density at radius 1 is 1.19 bits per heavy atom. The molecule has 2 aromatic carbocycles. The number of carbonyl (C=O) groups is 1. The van der Waals surface area contributed by atoms with E-state index < -0.39 is 17.7 Å². The lowest BCUT2D eigenvalue weighted by molar-refractivity contribution is -0.160. The van der Waals surface area contributed by atoms with Crippen molar-refractivity contribution in [2.24, 2.45) is 0 Å². The van der Waals surface area contributed by atoms with E-state index in [9.17, 15) is 9.90 Å². The van der Waals surface area contributed by atoms with Gasteiger partial charge in [0, 0.05) is 41.6 Å². The molecule has 8 heteroatoms. The van der Waals surface area contributed by atoms with Crippen molar-refractivity contribution >= 4 is 44.3 Å². The quantitative estimate of drug-likeness (QED) is 0.310. The molecule has 0 unspecified atom stereocenters. The molecule has 0 saturated carbocycles. The number of pyridine rings is 1. The van der Waals surface area contributed by atoms with Crippen molar-refractivity contribution in [3.05, 3.63) is 76.1 Å². The maximum absolute atomic E-state index is 12.5. The molecule has 0 radical (unpaired) electrons. The zero-order valence-corrected chi connectivity index (χ0v) is 22.3. The number of aryl methyl sites for hydroxylation is 1. The third-order valence-electron chi connectivity index (χ3n) is 6.29. The molecule has 6 nitrogen and oxygen atoms in total. The van der Waals surface area contributed by atoms with Gasteiger partial charge in [-0.15, -0.1) is 0 Å². The summed E-state index contributed by atoms with van der Waals surface area (Å²) in [6.07, 6.45) is 3.58. The Morgan fingerprint density at radius 2 is 1.94 bits per heavy atom. The highest BCUT2D eigenvalue weighted by Gasteiger charge is 2.32. The van der Waals surface area contributed by atoms with Gasteiger partial charge in [0.2, 0.25) is 0 Å². The van der Waals surface area contributed by atoms with Crippen LogP contribution in [0.25, 0.3) is 21.3 Å². The minimum absolute atomic E-state index is 0.621. The summed E-state index contributed by atoms with van der Waals surface area (Å²) in [7, 11) is 0. The fraction of sp³-hybridized carbons (Fsp3) is 0.321. The summed E-state index contributed by atoms with van der Waals surface area (Å²) in [5.41, 5.74) is 5.93. The molecule has 2 aromatic heterocycles. The van der Waals surface area contributed by atoms with Crippen LogP contribution >= 0.6 is 22.9 Å². The number of ether oxygens (including phenoxy) is 1. The number of nitrogens with zero attached hydrogens (tertiary/aromatic N) is 3. The van der Waals surface area contributed by atoms with Gasteiger partial charge in [0.15, 0.2) is 11.2 Å². The highest BCUT2D eigenvalue weighted by Crippen LogP contribution is 2.44. The average molecular weight is 522 g/mol. The van der Waals surface area contributed by atoms with Crippen LogP contribution in [0.15, 0.2) is 48.8 Å². The van der Waals surface area contributed by atoms with Gasteiger partial charge in [0.25, 0.3) is 0 Å². The Bertz CT molecular complexity index is 1440. The van der Waals surface area contributed by atoms with Crippen molar-refractivity contribution in [2.75, 3.05) is 11.4 Å². The maximum atomic E-state index is 12.5. The number of anilines is 1. The molecule has 186 valence electrons. The number of carboxylic acids is 1. The second-order valence-corrected chi connectivity index (χ2v) is 11.5. The summed E-state index contributed by atoms with van der Waals surface area (Å²) < 4.78 is 7.04. The van der Waals surface area contributed by atoms with Gasteiger partial charge >= 0.3 is 5.97 Å². The molecule has 1 aliphatic heterocycles. The maximum Gasteiger partial charge on any atom is 0.337 e. The van der Waals surface area contributed by atoms with E-state index in [1.165, 1.54) is 11.1 Å². The average Bonchev–Trinajstić information content (AvgIpc) is 3.25. The van der Waals surface area contributed by atoms with Gasteiger partial charge in [-0.3, -0.25) is 4.98 Å². The zero-order valence-electron chi connectivity index (χ0n) is 20.7. The first-order chi connectivity index (χ1) is 17.1. The number of thiazole rings is 1. The lowest BCUT2D eigenvalue weighted by Gasteiger charge is -2.28. The number of halogens is 1. The normalized spacial score (nSPS) is 14.6. The molecule has 0 amide bonds. The fourth-order valence-corrected chi connectivity index (χ4v) is 5.98. The smallest absolute Gasteiger partial charge is 0.337 e. The monoisotopic (exact) mass is 521 g/mol. The number of benzene rings is 2. The predicted octanol–water partition coefficient (Wildman–Crippen LogP) is 6.82. The van der Waals surface area contributed by atoms with Crippen LogP contribution in [0.3, 0.4) is 0 Å². The second kappa shape index (κ2) is 9.47. The van der Waals surface area contributed by atoms with Crippen molar-refractivity contribution in [2.45, 2.75) is 52.4 Å². The van der Waals surface area contributed by atoms with Crippen LogP contribution in [-0.4, -0.2) is 33.2 Å². The number of hydrogen-bond acceptors (Lipinski definition) is 6. The number of hydrogen-bond donors (Lipinski definition) is 1. The van der Waals surface area contributed by atoms with Crippen molar-refractivity contribution in [3.8, 4) is 11.1 Å². The van der Waals surface area contributed by atoms with Crippen LogP contribution in [-0.2, 0) is 22.5 Å². The molecule has 4 aromatic rings. The molecule has 5 rings (SSSR count). The predicted molar refractivity (Wildman–Crippen MR) is 145 cm³/mol. The molecule has 0 spiro atoms. The first-order valence-electron chi connectivity index (χ1n) is 11.9. The molecule has 0 fully saturated rings. The summed E-state index contributed by atoms with van der Waals surface area (Å²) in [6.45, 7) is 9.14. The standard InChI is InChI=1S/C28H28ClN3O3S/c1-16-13-21-25(36-27(31-21)32-12-10-17-9-11-30-14-19(17)15-32)23(18-5-7-20(29)8-6-18)22(16)24(26(33)34)35-28(2,3)4/h5-9,11,13-14,24H,10,12,15H2,1-4H3,(H,33,34)/t24-/m0/s1. The number of rotatable bonds is 5. The van der Waals surface area contributed by atoms with Crippen molar-refractivity contribution < 1.29 is 14.6 Å². The second-order valence-electron chi connectivity index (χ2n) is 10.1. The van der Waals surface area contributed by atoms with Gasteiger partial charge in [0.1, 0.15) is 0 Å². The van der Waals surface area contributed by atoms with Crippen LogP contribution in [0, 0.1) is 6.92 Å². The van der Waals surface area contributed by atoms with Crippen LogP contribution in [0.4, 0.5) is 5.13 Å². The van der Waals surface area contributed by atoms with Crippen LogP contribution < -0.4 is 4.90 Å². The number of carboxylic acid groups (broad SMARTS) is 1. The molecule has 0 aliphatic carbocycles. The van der Waals surface area contributed by atoms with Gasteiger partial charge in [-0.25, -0.2) is 9.78 Å². The topological polar surface area (TPSA) is 75.5 Å². The Kier molecular flexibility index (Phi) is 6.49. The van der Waals surface area contributed by atoms with E-state index in [1.54, 1.807) is 11.3 Å². The van der Waals surface area contributed by atoms with Gasteiger partial charge in [-0.1, -0.05) is 35.1 Å². The minimum Gasteiger partial charge on any atom is -0.479 e. The minimum atomic E-state index is -1.13. The molecule has 36 heavy (non-hydrogen) atoms. The van der Waals surface area contributed by atoms with E-state index in [0.717, 1.165) is 51.5 Å². The molecular formula is C28H28ClN3O3S. The van der Waals surface area contributed by atoms with Crippen LogP contribution in [0.1, 0.15) is 49.1 Å². The van der Waals surface area contributed by atoms with Crippen LogP contribution in [0.5, 0.6) is 0 Å². The summed E-state index contributed by atoms with van der Waals surface area (Å²) >= 11 is 7.78. The van der Waals surface area contributed by atoms with E-state index in [2.05, 4.69) is 16.0 Å². The van der Waals surface area contributed by atoms with Gasteiger partial charge in [-0.2, -0.15) is 0 Å². The molecular weight excluding hydrogens is 494 g/mol. The number of aromatic nitrogens is 2. The van der Waals surface area contributed by atoms with Crippen molar-refractivity contribution in [3.63, 3.8) is 0 Å². The summed E-state index contributed by atoms with van der Waals surface area (Å²) in [5.74, 6) is -1.02. The van der Waals surface area contributed by atoms with Crippen molar-refractivity contribution in [1.29, 1.82) is 0 Å². The van der Waals surface area contributed by atoms with E-state index >= 15 is 0 Å². The van der Waals surface area contributed by atoms with E-state index in [4.69, 9.17) is 21.3 Å². The van der Waals surface area contributed by atoms with Gasteiger partial charge in [-0.05, 0) is 80.6 Å². The molecule has 1 aliphatic rings. The fourth-order valence-electron chi connectivity index (χ4n) is 4.71. The zero-order chi connectivity index (χ0) is 25.6. The number of fused-ring (bicyclic) bond motifs is 2. The van der Waals surface area contributed by atoms with E-state index in [-0.39, 0.29) is 0 Å². The summed E-state index contributed by atoms with van der Waals surface area (Å²) in [6, 6.07) is 11.6. The highest BCUT2D eigenvalue weighted by atomic mass is 35.5. The molecule has 1 atom stereocenters. The summed E-state index contributed by atoms with van der Waals surface area (Å²) in [4.78, 5) is 24.1. The largest absolute Gasteiger partial charge is 0.479 e. The lowest BCUT2D eigenvalue weighted by Crippen LogP contribution is -2.30. The Morgan fingerprint density at radius 3 is 2.64 bits per heavy atom. The molecule has 0 bridgehead atoms. The Hall–Kier alpha value is -3.00. The third-order valence-corrected chi connectivity index (χ3v) is 7.70. The first-order valence-corrected chi connectivity index (χ1v) is 13.1. The molecule has 0 saturated heterocycles. The summed E-state index contributed by atoms with van der Waals surface area (Å²) in [5, 5.41) is 11.8. The molecule has 3 heterocycles. The van der Waals surface area contributed by atoms with Gasteiger partial charge in [0.05, 0.1) is 15.8 Å². The highest BCUT2D eigenvalue weighted by molar-refractivity contribution is 7.22. The SMILES string of the molecule is Cc1cc2nc(N3CCc4ccncc4C3)sc2c(-c2ccc(Cl)cc2)c1[C@H](OC(C)(C)C)C(=O)O. The Labute approximate surface area is 219 Å². The Balaban J connectivity index is 1.69. The van der Waals surface area contributed by atoms with E-state index in [1.807, 2.05) is 70.4 Å². The number of aliphatic carboxylic acids is 1. The first kappa shape index (κ1) is 24.7. The lowest BCUT2D eigenvalue weighted by atomic mass is 9.91.